The molecule has 1 fully saturated rings. The maximum Gasteiger partial charge on any atom is 0.293 e. The summed E-state index contributed by atoms with van der Waals surface area (Å²) in [6, 6.07) is 8.50. The first-order valence-electron chi connectivity index (χ1n) is 7.73. The van der Waals surface area contributed by atoms with Gasteiger partial charge in [-0.1, -0.05) is 30.1 Å². The molecule has 0 radical (unpaired) electrons. The van der Waals surface area contributed by atoms with Crippen LogP contribution in [0.3, 0.4) is 0 Å². The lowest BCUT2D eigenvalue weighted by Gasteiger charge is -2.19. The van der Waals surface area contributed by atoms with Crippen LogP contribution in [0.2, 0.25) is 10.0 Å². The predicted octanol–water partition coefficient (Wildman–Crippen LogP) is 6.09. The number of halogens is 2. The minimum absolute atomic E-state index is 0.126. The number of imide groups is 1. The summed E-state index contributed by atoms with van der Waals surface area (Å²) in [5.41, 5.74) is 0.707. The molecule has 0 unspecified atom stereocenters. The second kappa shape index (κ2) is 7.28. The molecule has 0 bridgehead atoms. The molecule has 1 saturated heterocycles. The Balaban J connectivity index is 1.87. The number of benzene rings is 1. The molecule has 0 aliphatic carbocycles. The summed E-state index contributed by atoms with van der Waals surface area (Å²) in [6.07, 6.45) is 2.30. The van der Waals surface area contributed by atoms with Crippen molar-refractivity contribution in [1.82, 2.24) is 4.90 Å². The van der Waals surface area contributed by atoms with Gasteiger partial charge in [-0.05, 0) is 55.4 Å². The molecule has 25 heavy (non-hydrogen) atoms. The first-order chi connectivity index (χ1) is 11.9. The number of hydrogen-bond donors (Lipinski definition) is 0. The lowest BCUT2D eigenvalue weighted by molar-refractivity contribution is -0.124. The second-order valence-corrected chi connectivity index (χ2v) is 7.47. The summed E-state index contributed by atoms with van der Waals surface area (Å²) in [7, 11) is 0. The van der Waals surface area contributed by atoms with Crippen molar-refractivity contribution < 1.29 is 14.0 Å². The van der Waals surface area contributed by atoms with Crippen molar-refractivity contribution in [3.05, 3.63) is 51.0 Å². The first-order valence-corrected chi connectivity index (χ1v) is 9.30. The Morgan fingerprint density at radius 1 is 1.24 bits per heavy atom. The van der Waals surface area contributed by atoms with E-state index in [0.29, 0.717) is 38.5 Å². The van der Waals surface area contributed by atoms with Gasteiger partial charge in [0.15, 0.2) is 0 Å². The van der Waals surface area contributed by atoms with Crippen molar-refractivity contribution in [2.24, 2.45) is 0 Å². The number of rotatable bonds is 4. The van der Waals surface area contributed by atoms with E-state index < -0.39 is 0 Å². The van der Waals surface area contributed by atoms with E-state index in [-0.39, 0.29) is 17.2 Å². The van der Waals surface area contributed by atoms with Crippen LogP contribution in [0.5, 0.6) is 0 Å². The molecule has 130 valence electrons. The van der Waals surface area contributed by atoms with Crippen LogP contribution in [-0.2, 0) is 4.79 Å². The SMILES string of the molecule is CC[C@H](C)N1C(=O)S/C(=C\c2ccc(-c3ccc(Cl)cc3Cl)o2)C1=O. The van der Waals surface area contributed by atoms with Crippen molar-refractivity contribution >= 4 is 52.2 Å². The number of thioether (sulfide) groups is 1. The highest BCUT2D eigenvalue weighted by Crippen LogP contribution is 2.36. The smallest absolute Gasteiger partial charge is 0.293 e. The topological polar surface area (TPSA) is 50.5 Å². The average Bonchev–Trinajstić information content (AvgIpc) is 3.12. The molecule has 0 N–H and O–H groups in total. The van der Waals surface area contributed by atoms with Crippen LogP contribution in [0.25, 0.3) is 17.4 Å². The van der Waals surface area contributed by atoms with Crippen molar-refractivity contribution in [2.45, 2.75) is 26.3 Å². The Morgan fingerprint density at radius 3 is 2.68 bits per heavy atom. The zero-order valence-electron chi connectivity index (χ0n) is 13.6. The van der Waals surface area contributed by atoms with Crippen molar-refractivity contribution in [1.29, 1.82) is 0 Å². The fraction of sp³-hybridized carbons (Fsp3) is 0.222. The Morgan fingerprint density at radius 2 is 2.00 bits per heavy atom. The minimum Gasteiger partial charge on any atom is -0.457 e. The molecule has 4 nitrogen and oxygen atoms in total. The number of amides is 2. The number of furan rings is 1. The molecule has 0 saturated carbocycles. The van der Waals surface area contributed by atoms with Crippen LogP contribution in [0.4, 0.5) is 4.79 Å². The Hall–Kier alpha value is -1.69. The molecule has 2 heterocycles. The van der Waals surface area contributed by atoms with Crippen LogP contribution in [0.15, 0.2) is 39.7 Å². The minimum atomic E-state index is -0.285. The van der Waals surface area contributed by atoms with Gasteiger partial charge in [0.2, 0.25) is 0 Å². The molecular formula is C18H15Cl2NO3S. The van der Waals surface area contributed by atoms with Gasteiger partial charge in [-0.3, -0.25) is 14.5 Å². The standard InChI is InChI=1S/C18H15Cl2NO3S/c1-3-10(2)21-17(22)16(25-18(21)23)9-12-5-7-15(24-12)13-6-4-11(19)8-14(13)20/h4-10H,3H2,1-2H3/b16-9-/t10-/m0/s1. The Kier molecular flexibility index (Phi) is 5.27. The lowest BCUT2D eigenvalue weighted by atomic mass is 10.2. The molecule has 1 aliphatic heterocycles. The summed E-state index contributed by atoms with van der Waals surface area (Å²) >= 11 is 13.0. The van der Waals surface area contributed by atoms with E-state index in [1.165, 1.54) is 4.90 Å². The normalized spacial score (nSPS) is 17.6. The van der Waals surface area contributed by atoms with Gasteiger partial charge in [-0.25, -0.2) is 0 Å². The third-order valence-corrected chi connectivity index (χ3v) is 5.38. The van der Waals surface area contributed by atoms with Gasteiger partial charge < -0.3 is 4.42 Å². The third kappa shape index (κ3) is 3.64. The van der Waals surface area contributed by atoms with Crippen LogP contribution in [0, 0.1) is 0 Å². The average molecular weight is 396 g/mol. The van der Waals surface area contributed by atoms with Gasteiger partial charge in [0.25, 0.3) is 11.1 Å². The maximum absolute atomic E-state index is 12.4. The molecule has 1 aromatic carbocycles. The van der Waals surface area contributed by atoms with Gasteiger partial charge >= 0.3 is 0 Å². The molecule has 3 rings (SSSR count). The number of carbonyl (C=O) groups excluding carboxylic acids is 2. The fourth-order valence-corrected chi connectivity index (χ4v) is 3.85. The second-order valence-electron chi connectivity index (χ2n) is 5.64. The van der Waals surface area contributed by atoms with E-state index >= 15 is 0 Å². The van der Waals surface area contributed by atoms with E-state index in [9.17, 15) is 9.59 Å². The maximum atomic E-state index is 12.4. The highest BCUT2D eigenvalue weighted by atomic mass is 35.5. The number of nitrogens with zero attached hydrogens (tertiary/aromatic N) is 1. The summed E-state index contributed by atoms with van der Waals surface area (Å²) in [4.78, 5) is 26.1. The molecule has 1 aromatic heterocycles. The molecule has 7 heteroatoms. The zero-order chi connectivity index (χ0) is 18.1. The fourth-order valence-electron chi connectivity index (χ4n) is 2.44. The van der Waals surface area contributed by atoms with Crippen LogP contribution >= 0.6 is 35.0 Å². The third-order valence-electron chi connectivity index (χ3n) is 3.95. The summed E-state index contributed by atoms with van der Waals surface area (Å²) in [6.45, 7) is 3.79. The molecule has 1 atom stereocenters. The van der Waals surface area contributed by atoms with E-state index in [1.54, 1.807) is 36.4 Å². The van der Waals surface area contributed by atoms with Gasteiger partial charge in [0.05, 0.1) is 9.93 Å². The quantitative estimate of drug-likeness (QED) is 0.587. The lowest BCUT2D eigenvalue weighted by Crippen LogP contribution is -2.36. The van der Waals surface area contributed by atoms with E-state index in [0.717, 1.165) is 11.8 Å². The van der Waals surface area contributed by atoms with Crippen molar-refractivity contribution in [3.8, 4) is 11.3 Å². The summed E-state index contributed by atoms with van der Waals surface area (Å²) < 4.78 is 5.76. The van der Waals surface area contributed by atoms with Crippen molar-refractivity contribution in [2.75, 3.05) is 0 Å². The first kappa shape index (κ1) is 18.1. The molecule has 2 aromatic rings. The number of hydrogen-bond acceptors (Lipinski definition) is 4. The van der Waals surface area contributed by atoms with Crippen LogP contribution in [0.1, 0.15) is 26.0 Å². The Bertz CT molecular complexity index is 875. The van der Waals surface area contributed by atoms with Gasteiger partial charge in [-0.2, -0.15) is 0 Å². The van der Waals surface area contributed by atoms with Gasteiger partial charge in [-0.15, -0.1) is 0 Å². The highest BCUT2D eigenvalue weighted by Gasteiger charge is 2.37. The molecule has 0 spiro atoms. The molecule has 2 amide bonds. The summed E-state index contributed by atoms with van der Waals surface area (Å²) in [5.74, 6) is 0.761. The Labute approximate surface area is 159 Å². The molecular weight excluding hydrogens is 381 g/mol. The van der Waals surface area contributed by atoms with E-state index in [1.807, 2.05) is 13.8 Å². The monoisotopic (exact) mass is 395 g/mol. The predicted molar refractivity (Wildman–Crippen MR) is 102 cm³/mol. The van der Waals surface area contributed by atoms with E-state index in [2.05, 4.69) is 0 Å². The summed E-state index contributed by atoms with van der Waals surface area (Å²) in [5, 5.41) is 0.767. The van der Waals surface area contributed by atoms with Crippen molar-refractivity contribution in [3.63, 3.8) is 0 Å². The largest absolute Gasteiger partial charge is 0.457 e. The van der Waals surface area contributed by atoms with Gasteiger partial charge in [0.1, 0.15) is 11.5 Å². The number of carbonyl (C=O) groups is 2. The highest BCUT2D eigenvalue weighted by molar-refractivity contribution is 8.18. The van der Waals surface area contributed by atoms with E-state index in [4.69, 9.17) is 27.6 Å². The van der Waals surface area contributed by atoms with Crippen LogP contribution in [-0.4, -0.2) is 22.1 Å². The van der Waals surface area contributed by atoms with Crippen LogP contribution < -0.4 is 0 Å². The van der Waals surface area contributed by atoms with Gasteiger partial charge in [0, 0.05) is 22.7 Å². The molecule has 1 aliphatic rings. The zero-order valence-corrected chi connectivity index (χ0v) is 15.9.